The van der Waals surface area contributed by atoms with Gasteiger partial charge in [-0.2, -0.15) is 0 Å². The lowest BCUT2D eigenvalue weighted by Gasteiger charge is -1.98. The largest absolute Gasteiger partial charge is 0.329 e. The fourth-order valence-corrected chi connectivity index (χ4v) is 1.11. The molecule has 5 nitrogen and oxygen atoms in total. The molecule has 0 saturated heterocycles. The van der Waals surface area contributed by atoms with Gasteiger partial charge >= 0.3 is 11.1 Å². The normalized spacial score (nSPS) is 10.9. The predicted octanol–water partition coefficient (Wildman–Crippen LogP) is 1.91. The van der Waals surface area contributed by atoms with Crippen LogP contribution in [0.4, 0.5) is 0 Å². The molecule has 0 spiro atoms. The third kappa shape index (κ3) is 3.91. The van der Waals surface area contributed by atoms with Gasteiger partial charge in [-0.15, -0.1) is 10.1 Å². The lowest BCUT2D eigenvalue weighted by Crippen LogP contribution is -2.11. The molecule has 0 radical (unpaired) electrons. The zero-order valence-electron chi connectivity index (χ0n) is 8.75. The molecule has 1 rings (SSSR count). The average molecular weight is 221 g/mol. The van der Waals surface area contributed by atoms with Crippen molar-refractivity contribution in [2.75, 3.05) is 0 Å². The molecule has 0 aliphatic carbocycles. The van der Waals surface area contributed by atoms with E-state index in [2.05, 4.69) is 4.84 Å². The SMILES string of the molecule is CC(=CCc1ccccc1)C(=O)O[N+](=O)[O-]. The summed E-state index contributed by atoms with van der Waals surface area (Å²) in [5.41, 5.74) is 1.25. The van der Waals surface area contributed by atoms with Crippen molar-refractivity contribution in [1.82, 2.24) is 0 Å². The fraction of sp³-hybridized carbons (Fsp3) is 0.182. The molecule has 0 aliphatic heterocycles. The van der Waals surface area contributed by atoms with Crippen LogP contribution in [0.5, 0.6) is 0 Å². The van der Waals surface area contributed by atoms with Crippen molar-refractivity contribution < 1.29 is 14.7 Å². The smallest absolute Gasteiger partial charge is 0.263 e. The fourth-order valence-electron chi connectivity index (χ4n) is 1.11. The van der Waals surface area contributed by atoms with Crippen LogP contribution in [0.2, 0.25) is 0 Å². The molecule has 0 N–H and O–H groups in total. The van der Waals surface area contributed by atoms with E-state index >= 15 is 0 Å². The van der Waals surface area contributed by atoms with Gasteiger partial charge in [0.1, 0.15) is 0 Å². The molecule has 1 aromatic carbocycles. The van der Waals surface area contributed by atoms with E-state index in [1.54, 1.807) is 6.08 Å². The monoisotopic (exact) mass is 221 g/mol. The number of benzene rings is 1. The van der Waals surface area contributed by atoms with Crippen molar-refractivity contribution in [3.8, 4) is 0 Å². The van der Waals surface area contributed by atoms with Crippen molar-refractivity contribution >= 4 is 5.97 Å². The quantitative estimate of drug-likeness (QED) is 0.442. The number of allylic oxidation sites excluding steroid dienone is 1. The Morgan fingerprint density at radius 2 is 2.06 bits per heavy atom. The average Bonchev–Trinajstić information content (AvgIpc) is 2.26. The van der Waals surface area contributed by atoms with Crippen molar-refractivity contribution in [3.05, 3.63) is 57.7 Å². The van der Waals surface area contributed by atoms with Gasteiger partial charge < -0.3 is 0 Å². The second-order valence-electron chi connectivity index (χ2n) is 3.18. The molecule has 0 bridgehead atoms. The third-order valence-corrected chi connectivity index (χ3v) is 1.97. The maximum Gasteiger partial charge on any atom is 0.329 e. The van der Waals surface area contributed by atoms with Crippen molar-refractivity contribution in [2.45, 2.75) is 13.3 Å². The van der Waals surface area contributed by atoms with E-state index in [1.165, 1.54) is 6.92 Å². The van der Waals surface area contributed by atoms with Gasteiger partial charge in [0, 0.05) is 5.57 Å². The lowest BCUT2D eigenvalue weighted by molar-refractivity contribution is -0.728. The Kier molecular flexibility index (Phi) is 4.20. The highest BCUT2D eigenvalue weighted by Crippen LogP contribution is 2.04. The molecule has 0 aliphatic rings. The molecule has 0 heterocycles. The van der Waals surface area contributed by atoms with E-state index in [1.807, 2.05) is 30.3 Å². The Bertz CT molecular complexity index is 411. The minimum absolute atomic E-state index is 0.223. The third-order valence-electron chi connectivity index (χ3n) is 1.97. The molecule has 0 atom stereocenters. The Morgan fingerprint density at radius 1 is 1.44 bits per heavy atom. The molecule has 0 amide bonds. The minimum Gasteiger partial charge on any atom is -0.263 e. The summed E-state index contributed by atoms with van der Waals surface area (Å²) in [6.07, 6.45) is 2.14. The van der Waals surface area contributed by atoms with Crippen LogP contribution in [-0.2, 0) is 16.1 Å². The van der Waals surface area contributed by atoms with Crippen molar-refractivity contribution in [3.63, 3.8) is 0 Å². The summed E-state index contributed by atoms with van der Waals surface area (Å²) in [4.78, 5) is 24.8. The number of hydrogen-bond acceptors (Lipinski definition) is 4. The predicted molar refractivity (Wildman–Crippen MR) is 57.0 cm³/mol. The summed E-state index contributed by atoms with van der Waals surface area (Å²) >= 11 is 0. The molecule has 0 unspecified atom stereocenters. The van der Waals surface area contributed by atoms with Gasteiger partial charge in [0.2, 0.25) is 0 Å². The highest BCUT2D eigenvalue weighted by atomic mass is 17.0. The first-order valence-electron chi connectivity index (χ1n) is 4.67. The summed E-state index contributed by atoms with van der Waals surface area (Å²) in [6.45, 7) is 1.48. The van der Waals surface area contributed by atoms with Gasteiger partial charge in [-0.05, 0) is 18.9 Å². The summed E-state index contributed by atoms with van der Waals surface area (Å²) in [5.74, 6) is -0.930. The molecule has 16 heavy (non-hydrogen) atoms. The van der Waals surface area contributed by atoms with Gasteiger partial charge in [-0.3, -0.25) is 4.79 Å². The standard InChI is InChI=1S/C11H11NO4/c1-9(11(13)16-12(14)15)7-8-10-5-3-2-4-6-10/h2-7H,8H2,1H3. The molecule has 1 aromatic rings. The number of carbonyl (C=O) groups excluding carboxylic acids is 1. The van der Waals surface area contributed by atoms with Crippen LogP contribution >= 0.6 is 0 Å². The first-order chi connectivity index (χ1) is 7.59. The highest BCUT2D eigenvalue weighted by molar-refractivity contribution is 5.87. The zero-order valence-corrected chi connectivity index (χ0v) is 8.75. The van der Waals surface area contributed by atoms with Gasteiger partial charge in [-0.25, -0.2) is 4.84 Å². The number of rotatable bonds is 4. The van der Waals surface area contributed by atoms with Crippen LogP contribution in [0.1, 0.15) is 12.5 Å². The Labute approximate surface area is 92.4 Å². The van der Waals surface area contributed by atoms with E-state index in [-0.39, 0.29) is 5.57 Å². The second-order valence-corrected chi connectivity index (χ2v) is 3.18. The van der Waals surface area contributed by atoms with Gasteiger partial charge in [0.25, 0.3) is 0 Å². The van der Waals surface area contributed by atoms with Gasteiger partial charge in [0.05, 0.1) is 0 Å². The van der Waals surface area contributed by atoms with Crippen molar-refractivity contribution in [2.24, 2.45) is 0 Å². The van der Waals surface area contributed by atoms with Gasteiger partial charge in [0.15, 0.2) is 0 Å². The number of hydrogen-bond donors (Lipinski definition) is 0. The number of nitrogens with zero attached hydrogens (tertiary/aromatic N) is 1. The first-order valence-corrected chi connectivity index (χ1v) is 4.67. The minimum atomic E-state index is -1.11. The Balaban J connectivity index is 2.58. The Hall–Kier alpha value is -2.17. The summed E-state index contributed by atoms with van der Waals surface area (Å²) < 4.78 is 0. The molecule has 0 aromatic heterocycles. The Morgan fingerprint density at radius 3 is 2.62 bits per heavy atom. The van der Waals surface area contributed by atoms with Crippen LogP contribution in [0.25, 0.3) is 0 Å². The van der Waals surface area contributed by atoms with Crippen molar-refractivity contribution in [1.29, 1.82) is 0 Å². The van der Waals surface area contributed by atoms with E-state index in [0.29, 0.717) is 6.42 Å². The molecule has 5 heteroatoms. The molecular weight excluding hydrogens is 210 g/mol. The second kappa shape index (κ2) is 5.65. The van der Waals surface area contributed by atoms with E-state index < -0.39 is 11.1 Å². The zero-order chi connectivity index (χ0) is 12.0. The van der Waals surface area contributed by atoms with Gasteiger partial charge in [-0.1, -0.05) is 36.4 Å². The van der Waals surface area contributed by atoms with Crippen LogP contribution < -0.4 is 0 Å². The topological polar surface area (TPSA) is 69.4 Å². The molecular formula is C11H11NO4. The maximum absolute atomic E-state index is 11.0. The highest BCUT2D eigenvalue weighted by Gasteiger charge is 2.08. The molecule has 0 fully saturated rings. The summed E-state index contributed by atoms with van der Waals surface area (Å²) in [7, 11) is 0. The van der Waals surface area contributed by atoms with Crippen LogP contribution in [0, 0.1) is 10.1 Å². The van der Waals surface area contributed by atoms with E-state index in [4.69, 9.17) is 0 Å². The molecule has 0 saturated carbocycles. The van der Waals surface area contributed by atoms with E-state index in [9.17, 15) is 14.9 Å². The molecule has 84 valence electrons. The first kappa shape index (κ1) is 11.9. The van der Waals surface area contributed by atoms with Crippen LogP contribution in [-0.4, -0.2) is 11.1 Å². The van der Waals surface area contributed by atoms with Crippen LogP contribution in [0.3, 0.4) is 0 Å². The maximum atomic E-state index is 11.0. The lowest BCUT2D eigenvalue weighted by atomic mass is 10.1. The van der Waals surface area contributed by atoms with E-state index in [0.717, 1.165) is 5.56 Å². The van der Waals surface area contributed by atoms with Crippen LogP contribution in [0.15, 0.2) is 42.0 Å². The summed E-state index contributed by atoms with van der Waals surface area (Å²) in [5, 5.41) is 8.81. The number of carbonyl (C=O) groups is 1. The summed E-state index contributed by atoms with van der Waals surface area (Å²) in [6, 6.07) is 9.47.